The van der Waals surface area contributed by atoms with Crippen molar-refractivity contribution in [3.05, 3.63) is 69.2 Å². The van der Waals surface area contributed by atoms with Crippen molar-refractivity contribution in [3.63, 3.8) is 0 Å². The van der Waals surface area contributed by atoms with Crippen LogP contribution in [0, 0.1) is 10.1 Å². The molecule has 1 heterocycles. The molecule has 0 radical (unpaired) electrons. The molecule has 0 unspecified atom stereocenters. The van der Waals surface area contributed by atoms with Crippen LogP contribution in [0.4, 0.5) is 5.69 Å². The van der Waals surface area contributed by atoms with Crippen LogP contribution in [0.2, 0.25) is 5.02 Å². The number of amides is 1. The van der Waals surface area contributed by atoms with E-state index in [0.717, 1.165) is 37.1 Å². The number of halogens is 1. The largest absolute Gasteiger partial charge is 0.299 e. The number of nitro benzene ring substituents is 1. The predicted molar refractivity (Wildman–Crippen MR) is 132 cm³/mol. The number of nitro groups is 1. The molecule has 0 atom stereocenters. The Kier molecular flexibility index (Phi) is 7.91. The average Bonchev–Trinajstić information content (AvgIpc) is 3.28. The molecular formula is C23H23ClN6O3S. The van der Waals surface area contributed by atoms with Gasteiger partial charge in [0.15, 0.2) is 11.0 Å². The number of aromatic nitrogens is 3. The second-order valence-corrected chi connectivity index (χ2v) is 9.28. The Hall–Kier alpha value is -3.24. The van der Waals surface area contributed by atoms with Gasteiger partial charge in [-0.25, -0.2) is 5.43 Å². The molecule has 1 saturated carbocycles. The SMILES string of the molecule is O=C(CSc1nnc(-c2ccc(Cl)cc2)n1C1CCCCC1)N/N=C/c1ccc([N+](=O)[O-])cc1. The van der Waals surface area contributed by atoms with Gasteiger partial charge in [0.1, 0.15) is 0 Å². The highest BCUT2D eigenvalue weighted by Gasteiger charge is 2.24. The van der Waals surface area contributed by atoms with Crippen LogP contribution in [-0.4, -0.2) is 37.6 Å². The molecule has 1 N–H and O–H groups in total. The first-order valence-corrected chi connectivity index (χ1v) is 12.3. The molecule has 1 aliphatic rings. The lowest BCUT2D eigenvalue weighted by atomic mass is 9.95. The molecule has 0 spiro atoms. The van der Waals surface area contributed by atoms with Crippen LogP contribution in [0.5, 0.6) is 0 Å². The van der Waals surface area contributed by atoms with Crippen LogP contribution < -0.4 is 5.43 Å². The van der Waals surface area contributed by atoms with Crippen molar-refractivity contribution in [2.75, 3.05) is 5.75 Å². The van der Waals surface area contributed by atoms with Gasteiger partial charge in [0, 0.05) is 28.8 Å². The molecule has 1 aliphatic carbocycles. The smallest absolute Gasteiger partial charge is 0.269 e. The summed E-state index contributed by atoms with van der Waals surface area (Å²) in [5, 5.41) is 24.8. The van der Waals surface area contributed by atoms with Crippen molar-refractivity contribution < 1.29 is 9.72 Å². The summed E-state index contributed by atoms with van der Waals surface area (Å²) < 4.78 is 2.15. The van der Waals surface area contributed by atoms with Gasteiger partial charge >= 0.3 is 0 Å². The molecule has 3 aromatic rings. The van der Waals surface area contributed by atoms with Gasteiger partial charge in [0.2, 0.25) is 0 Å². The van der Waals surface area contributed by atoms with Gasteiger partial charge in [-0.15, -0.1) is 10.2 Å². The van der Waals surface area contributed by atoms with Gasteiger partial charge in [0.25, 0.3) is 11.6 Å². The van der Waals surface area contributed by atoms with E-state index in [1.165, 1.54) is 36.5 Å². The topological polar surface area (TPSA) is 115 Å². The maximum Gasteiger partial charge on any atom is 0.269 e. The van der Waals surface area contributed by atoms with Crippen molar-refractivity contribution in [1.29, 1.82) is 0 Å². The molecule has 0 aliphatic heterocycles. The highest BCUT2D eigenvalue weighted by atomic mass is 35.5. The normalized spacial score (nSPS) is 14.4. The van der Waals surface area contributed by atoms with Crippen LogP contribution >= 0.6 is 23.4 Å². The molecule has 9 nitrogen and oxygen atoms in total. The Balaban J connectivity index is 1.42. The second-order valence-electron chi connectivity index (χ2n) is 7.91. The summed E-state index contributed by atoms with van der Waals surface area (Å²) >= 11 is 7.37. The highest BCUT2D eigenvalue weighted by molar-refractivity contribution is 7.99. The van der Waals surface area contributed by atoms with E-state index in [2.05, 4.69) is 25.3 Å². The molecule has 11 heteroatoms. The summed E-state index contributed by atoms with van der Waals surface area (Å²) in [6.45, 7) is 0. The average molecular weight is 499 g/mol. The fourth-order valence-corrected chi connectivity index (χ4v) is 4.79. The van der Waals surface area contributed by atoms with Crippen LogP contribution in [0.25, 0.3) is 11.4 Å². The van der Waals surface area contributed by atoms with Gasteiger partial charge in [0.05, 0.1) is 16.9 Å². The zero-order valence-electron chi connectivity index (χ0n) is 18.3. The van der Waals surface area contributed by atoms with Crippen molar-refractivity contribution in [2.45, 2.75) is 43.3 Å². The number of nitrogens with zero attached hydrogens (tertiary/aromatic N) is 5. The summed E-state index contributed by atoms with van der Waals surface area (Å²) in [7, 11) is 0. The quantitative estimate of drug-likeness (QED) is 0.196. The Labute approximate surface area is 205 Å². The Morgan fingerprint density at radius 1 is 1.15 bits per heavy atom. The van der Waals surface area contributed by atoms with E-state index >= 15 is 0 Å². The molecular weight excluding hydrogens is 476 g/mol. The van der Waals surface area contributed by atoms with E-state index in [9.17, 15) is 14.9 Å². The summed E-state index contributed by atoms with van der Waals surface area (Å²) in [6, 6.07) is 13.7. The number of nitrogens with one attached hydrogen (secondary N) is 1. The lowest BCUT2D eigenvalue weighted by Crippen LogP contribution is -2.20. The number of carbonyl (C=O) groups excluding carboxylic acids is 1. The molecule has 176 valence electrons. The number of carbonyl (C=O) groups is 1. The third-order valence-electron chi connectivity index (χ3n) is 5.55. The van der Waals surface area contributed by atoms with Crippen molar-refractivity contribution in [3.8, 4) is 11.4 Å². The lowest BCUT2D eigenvalue weighted by molar-refractivity contribution is -0.384. The molecule has 1 amide bonds. The summed E-state index contributed by atoms with van der Waals surface area (Å²) in [4.78, 5) is 22.6. The molecule has 0 saturated heterocycles. The number of hydrogen-bond donors (Lipinski definition) is 1. The van der Waals surface area contributed by atoms with E-state index in [1.807, 2.05) is 24.3 Å². The van der Waals surface area contributed by atoms with Crippen molar-refractivity contribution >= 4 is 41.2 Å². The van der Waals surface area contributed by atoms with E-state index in [1.54, 1.807) is 12.1 Å². The van der Waals surface area contributed by atoms with Crippen LogP contribution in [0.3, 0.4) is 0 Å². The summed E-state index contributed by atoms with van der Waals surface area (Å²) in [5.41, 5.74) is 4.06. The third kappa shape index (κ3) is 6.00. The minimum Gasteiger partial charge on any atom is -0.299 e. The minimum absolute atomic E-state index is 0.00219. The van der Waals surface area contributed by atoms with E-state index < -0.39 is 4.92 Å². The minimum atomic E-state index is -0.468. The number of hydrazone groups is 1. The van der Waals surface area contributed by atoms with Gasteiger partial charge in [-0.1, -0.05) is 42.6 Å². The Morgan fingerprint density at radius 2 is 1.85 bits per heavy atom. The molecule has 1 aromatic heterocycles. The third-order valence-corrected chi connectivity index (χ3v) is 6.74. The molecule has 1 fully saturated rings. The van der Waals surface area contributed by atoms with Gasteiger partial charge in [-0.05, 0) is 54.8 Å². The maximum atomic E-state index is 12.3. The lowest BCUT2D eigenvalue weighted by Gasteiger charge is -2.25. The van der Waals surface area contributed by atoms with Gasteiger partial charge in [-0.3, -0.25) is 19.5 Å². The molecule has 34 heavy (non-hydrogen) atoms. The number of thioether (sulfide) groups is 1. The van der Waals surface area contributed by atoms with Crippen LogP contribution in [-0.2, 0) is 4.79 Å². The fourth-order valence-electron chi connectivity index (χ4n) is 3.86. The van der Waals surface area contributed by atoms with E-state index in [-0.39, 0.29) is 17.3 Å². The Morgan fingerprint density at radius 3 is 2.53 bits per heavy atom. The van der Waals surface area contributed by atoms with Gasteiger partial charge < -0.3 is 0 Å². The first kappa shape index (κ1) is 23.9. The van der Waals surface area contributed by atoms with Crippen LogP contribution in [0.15, 0.2) is 58.8 Å². The Bertz CT molecular complexity index is 1170. The first-order valence-electron chi connectivity index (χ1n) is 10.9. The van der Waals surface area contributed by atoms with Crippen molar-refractivity contribution in [1.82, 2.24) is 20.2 Å². The van der Waals surface area contributed by atoms with Crippen LogP contribution in [0.1, 0.15) is 43.7 Å². The molecule has 2 aromatic carbocycles. The zero-order valence-corrected chi connectivity index (χ0v) is 19.8. The summed E-state index contributed by atoms with van der Waals surface area (Å²) in [6.07, 6.45) is 7.09. The zero-order chi connectivity index (χ0) is 23.9. The van der Waals surface area contributed by atoms with E-state index in [0.29, 0.717) is 21.8 Å². The number of non-ortho nitro benzene ring substituents is 1. The molecule has 4 rings (SSSR count). The number of hydrogen-bond acceptors (Lipinski definition) is 7. The fraction of sp³-hybridized carbons (Fsp3) is 0.304. The highest BCUT2D eigenvalue weighted by Crippen LogP contribution is 2.35. The summed E-state index contributed by atoms with van der Waals surface area (Å²) in [5.74, 6) is 0.625. The predicted octanol–water partition coefficient (Wildman–Crippen LogP) is 5.25. The van der Waals surface area contributed by atoms with E-state index in [4.69, 9.17) is 11.6 Å². The standard InChI is InChI=1S/C23H23ClN6O3S/c24-18-10-8-17(9-11-18)22-27-28-23(29(22)19-4-2-1-3-5-19)34-15-21(31)26-25-14-16-6-12-20(13-7-16)30(32)33/h6-14,19H,1-5,15H2,(H,26,31)/b25-14+. The number of rotatable bonds is 8. The number of benzene rings is 2. The van der Waals surface area contributed by atoms with Gasteiger partial charge in [-0.2, -0.15) is 5.10 Å². The van der Waals surface area contributed by atoms with Crippen molar-refractivity contribution in [2.24, 2.45) is 5.10 Å². The molecule has 0 bridgehead atoms. The maximum absolute atomic E-state index is 12.3. The second kappa shape index (κ2) is 11.3. The first-order chi connectivity index (χ1) is 16.5. The monoisotopic (exact) mass is 498 g/mol.